The lowest BCUT2D eigenvalue weighted by atomic mass is 10.2. The van der Waals surface area contributed by atoms with Gasteiger partial charge < -0.3 is 9.73 Å². The fourth-order valence-corrected chi connectivity index (χ4v) is 1.91. The van der Waals surface area contributed by atoms with E-state index in [0.29, 0.717) is 5.15 Å². The minimum Gasteiger partial charge on any atom is -0.467 e. The summed E-state index contributed by atoms with van der Waals surface area (Å²) in [5.41, 5.74) is 0.924. The number of rotatable bonds is 4. The zero-order valence-electron chi connectivity index (χ0n) is 9.77. The van der Waals surface area contributed by atoms with E-state index in [0.717, 1.165) is 23.6 Å². The van der Waals surface area contributed by atoms with Crippen molar-refractivity contribution in [3.63, 3.8) is 0 Å². The number of aromatic nitrogens is 2. The second-order valence-electron chi connectivity index (χ2n) is 3.73. The summed E-state index contributed by atoms with van der Waals surface area (Å²) < 4.78 is 5.33. The monoisotopic (exact) mass is 251 g/mol. The molecule has 0 aliphatic carbocycles. The number of halogens is 1. The highest BCUT2D eigenvalue weighted by molar-refractivity contribution is 6.30. The van der Waals surface area contributed by atoms with Crippen LogP contribution in [0.5, 0.6) is 0 Å². The van der Waals surface area contributed by atoms with Gasteiger partial charge in [0.25, 0.3) is 0 Å². The van der Waals surface area contributed by atoms with Crippen LogP contribution >= 0.6 is 11.6 Å². The molecule has 17 heavy (non-hydrogen) atoms. The Bertz CT molecular complexity index is 485. The fourth-order valence-electron chi connectivity index (χ4n) is 1.64. The van der Waals surface area contributed by atoms with Crippen LogP contribution in [0.2, 0.25) is 5.15 Å². The van der Waals surface area contributed by atoms with E-state index in [2.05, 4.69) is 15.3 Å². The van der Waals surface area contributed by atoms with Gasteiger partial charge in [-0.2, -0.15) is 0 Å². The molecule has 2 rings (SSSR count). The predicted octanol–water partition coefficient (Wildman–Crippen LogP) is 3.46. The van der Waals surface area contributed by atoms with Gasteiger partial charge in [-0.05, 0) is 25.5 Å². The first-order valence-corrected chi connectivity index (χ1v) is 5.89. The Morgan fingerprint density at radius 3 is 2.94 bits per heavy atom. The van der Waals surface area contributed by atoms with Crippen molar-refractivity contribution >= 4 is 17.4 Å². The van der Waals surface area contributed by atoms with Crippen LogP contribution in [0, 0.1) is 0 Å². The van der Waals surface area contributed by atoms with E-state index < -0.39 is 0 Å². The Morgan fingerprint density at radius 1 is 1.47 bits per heavy atom. The third-order valence-electron chi connectivity index (χ3n) is 2.57. The SMILES string of the molecule is CCc1c(Cl)ncnc1NC(C)c1ccco1. The first kappa shape index (κ1) is 11.9. The molecule has 0 aromatic carbocycles. The highest BCUT2D eigenvalue weighted by Gasteiger charge is 2.13. The van der Waals surface area contributed by atoms with Gasteiger partial charge in [0, 0.05) is 5.56 Å². The number of anilines is 1. The van der Waals surface area contributed by atoms with Gasteiger partial charge in [0.15, 0.2) is 0 Å². The predicted molar refractivity (Wildman–Crippen MR) is 67.2 cm³/mol. The molecule has 0 saturated heterocycles. The van der Waals surface area contributed by atoms with E-state index in [-0.39, 0.29) is 6.04 Å². The molecule has 1 atom stereocenters. The zero-order chi connectivity index (χ0) is 12.3. The van der Waals surface area contributed by atoms with E-state index in [4.69, 9.17) is 16.0 Å². The average Bonchev–Trinajstić information content (AvgIpc) is 2.82. The molecule has 0 amide bonds. The summed E-state index contributed by atoms with van der Waals surface area (Å²) in [7, 11) is 0. The maximum atomic E-state index is 6.02. The molecule has 2 aromatic rings. The maximum absolute atomic E-state index is 6.02. The lowest BCUT2D eigenvalue weighted by molar-refractivity contribution is 0.490. The zero-order valence-corrected chi connectivity index (χ0v) is 10.5. The number of furan rings is 1. The molecule has 0 aliphatic heterocycles. The Balaban J connectivity index is 2.21. The van der Waals surface area contributed by atoms with Gasteiger partial charge in [-0.1, -0.05) is 18.5 Å². The number of hydrogen-bond acceptors (Lipinski definition) is 4. The summed E-state index contributed by atoms with van der Waals surface area (Å²) in [4.78, 5) is 8.18. The summed E-state index contributed by atoms with van der Waals surface area (Å²) in [5, 5.41) is 3.77. The van der Waals surface area contributed by atoms with Crippen molar-refractivity contribution in [3.8, 4) is 0 Å². The summed E-state index contributed by atoms with van der Waals surface area (Å²) in [6, 6.07) is 3.83. The standard InChI is InChI=1S/C12H14ClN3O/c1-3-9-11(13)14-7-15-12(9)16-8(2)10-5-4-6-17-10/h4-8H,3H2,1-2H3,(H,14,15,16). The van der Waals surface area contributed by atoms with Gasteiger partial charge in [-0.3, -0.25) is 0 Å². The van der Waals surface area contributed by atoms with Crippen LogP contribution in [-0.4, -0.2) is 9.97 Å². The third kappa shape index (κ3) is 2.58. The molecule has 2 aromatic heterocycles. The molecule has 4 nitrogen and oxygen atoms in total. The minimum atomic E-state index is 0.0428. The minimum absolute atomic E-state index is 0.0428. The average molecular weight is 252 g/mol. The van der Waals surface area contributed by atoms with Crippen molar-refractivity contribution in [3.05, 3.63) is 41.2 Å². The Morgan fingerprint density at radius 2 is 2.29 bits per heavy atom. The maximum Gasteiger partial charge on any atom is 0.137 e. The van der Waals surface area contributed by atoms with Gasteiger partial charge in [0.05, 0.1) is 12.3 Å². The van der Waals surface area contributed by atoms with Crippen molar-refractivity contribution in [1.82, 2.24) is 9.97 Å². The van der Waals surface area contributed by atoms with Crippen molar-refractivity contribution in [2.75, 3.05) is 5.32 Å². The van der Waals surface area contributed by atoms with Crippen LogP contribution in [0.15, 0.2) is 29.1 Å². The first-order chi connectivity index (χ1) is 8.22. The number of nitrogens with zero attached hydrogens (tertiary/aromatic N) is 2. The largest absolute Gasteiger partial charge is 0.467 e. The Labute approximate surface area is 105 Å². The van der Waals surface area contributed by atoms with Crippen molar-refractivity contribution in [2.45, 2.75) is 26.3 Å². The Hall–Kier alpha value is -1.55. The van der Waals surface area contributed by atoms with E-state index in [1.165, 1.54) is 6.33 Å². The van der Waals surface area contributed by atoms with Crippen molar-refractivity contribution in [2.24, 2.45) is 0 Å². The lowest BCUT2D eigenvalue weighted by Crippen LogP contribution is -2.09. The van der Waals surface area contributed by atoms with Crippen LogP contribution in [0.3, 0.4) is 0 Å². The van der Waals surface area contributed by atoms with Crippen LogP contribution in [0.4, 0.5) is 5.82 Å². The van der Waals surface area contributed by atoms with Crippen LogP contribution in [0.25, 0.3) is 0 Å². The molecule has 1 unspecified atom stereocenters. The molecule has 5 heteroatoms. The highest BCUT2D eigenvalue weighted by Crippen LogP contribution is 2.24. The number of nitrogens with one attached hydrogen (secondary N) is 1. The summed E-state index contributed by atoms with van der Waals surface area (Å²) in [5.74, 6) is 1.62. The van der Waals surface area contributed by atoms with E-state index >= 15 is 0 Å². The normalized spacial score (nSPS) is 12.4. The quantitative estimate of drug-likeness (QED) is 0.846. The van der Waals surface area contributed by atoms with E-state index in [1.807, 2.05) is 26.0 Å². The van der Waals surface area contributed by atoms with Gasteiger partial charge in [0.2, 0.25) is 0 Å². The summed E-state index contributed by atoms with van der Waals surface area (Å²) in [6.07, 6.45) is 3.90. The second-order valence-corrected chi connectivity index (χ2v) is 4.08. The van der Waals surface area contributed by atoms with Crippen LogP contribution in [-0.2, 0) is 6.42 Å². The molecular formula is C12H14ClN3O. The molecule has 0 spiro atoms. The van der Waals surface area contributed by atoms with Crippen LogP contribution in [0.1, 0.15) is 31.2 Å². The van der Waals surface area contributed by atoms with Gasteiger partial charge in [-0.15, -0.1) is 0 Å². The summed E-state index contributed by atoms with van der Waals surface area (Å²) >= 11 is 6.02. The molecule has 2 heterocycles. The van der Waals surface area contributed by atoms with Gasteiger partial charge in [0.1, 0.15) is 23.1 Å². The molecule has 0 saturated carbocycles. The fraction of sp³-hybridized carbons (Fsp3) is 0.333. The van der Waals surface area contributed by atoms with Crippen LogP contribution < -0.4 is 5.32 Å². The van der Waals surface area contributed by atoms with Gasteiger partial charge >= 0.3 is 0 Å². The molecule has 1 N–H and O–H groups in total. The molecular weight excluding hydrogens is 238 g/mol. The first-order valence-electron chi connectivity index (χ1n) is 5.51. The molecule has 90 valence electrons. The lowest BCUT2D eigenvalue weighted by Gasteiger charge is -2.15. The molecule has 0 fully saturated rings. The van der Waals surface area contributed by atoms with Crippen molar-refractivity contribution < 1.29 is 4.42 Å². The highest BCUT2D eigenvalue weighted by atomic mass is 35.5. The number of hydrogen-bond donors (Lipinski definition) is 1. The second kappa shape index (κ2) is 5.19. The molecule has 0 aliphatic rings. The Kier molecular flexibility index (Phi) is 3.64. The third-order valence-corrected chi connectivity index (χ3v) is 2.90. The van der Waals surface area contributed by atoms with Crippen molar-refractivity contribution in [1.29, 1.82) is 0 Å². The topological polar surface area (TPSA) is 51.0 Å². The van der Waals surface area contributed by atoms with Gasteiger partial charge in [-0.25, -0.2) is 9.97 Å². The molecule has 0 bridgehead atoms. The smallest absolute Gasteiger partial charge is 0.137 e. The molecule has 0 radical (unpaired) electrons. The van der Waals surface area contributed by atoms with E-state index in [1.54, 1.807) is 6.26 Å². The van der Waals surface area contributed by atoms with E-state index in [9.17, 15) is 0 Å². The summed E-state index contributed by atoms with van der Waals surface area (Å²) in [6.45, 7) is 4.03.